The standard InChI is InChI=1S/C14H25N3O3/c1-20-8-7-17-12-15-9-13(17)10-16-5-2-3-14(19,11-18)4-6-16/h9,12,18-19H,2-8,10-11H2,1H3/t14-/m0/s1. The van der Waals surface area contributed by atoms with Crippen LogP contribution in [0.5, 0.6) is 0 Å². The summed E-state index contributed by atoms with van der Waals surface area (Å²) < 4.78 is 7.20. The van der Waals surface area contributed by atoms with Crippen molar-refractivity contribution in [3.63, 3.8) is 0 Å². The zero-order valence-corrected chi connectivity index (χ0v) is 12.2. The van der Waals surface area contributed by atoms with Gasteiger partial charge in [0.05, 0.1) is 30.8 Å². The van der Waals surface area contributed by atoms with Crippen molar-refractivity contribution in [2.45, 2.75) is 38.0 Å². The van der Waals surface area contributed by atoms with Crippen LogP contribution < -0.4 is 0 Å². The second kappa shape index (κ2) is 7.17. The highest BCUT2D eigenvalue weighted by Gasteiger charge is 2.29. The number of aliphatic hydroxyl groups excluding tert-OH is 1. The number of ether oxygens (including phenoxy) is 1. The average Bonchev–Trinajstić information content (AvgIpc) is 2.80. The summed E-state index contributed by atoms with van der Waals surface area (Å²) in [4.78, 5) is 6.51. The first-order valence-electron chi connectivity index (χ1n) is 7.20. The third-order valence-corrected chi connectivity index (χ3v) is 4.02. The molecule has 0 radical (unpaired) electrons. The van der Waals surface area contributed by atoms with Crippen molar-refractivity contribution >= 4 is 0 Å². The topological polar surface area (TPSA) is 70.8 Å². The van der Waals surface area contributed by atoms with E-state index in [1.165, 1.54) is 0 Å². The fourth-order valence-electron chi connectivity index (χ4n) is 2.65. The molecule has 1 aliphatic heterocycles. The number of aliphatic hydroxyl groups is 2. The van der Waals surface area contributed by atoms with Gasteiger partial charge in [-0.05, 0) is 25.8 Å². The summed E-state index contributed by atoms with van der Waals surface area (Å²) in [5.74, 6) is 0. The lowest BCUT2D eigenvalue weighted by Gasteiger charge is -2.24. The Morgan fingerprint density at radius 2 is 2.25 bits per heavy atom. The minimum Gasteiger partial charge on any atom is -0.393 e. The molecule has 0 aromatic carbocycles. The third-order valence-electron chi connectivity index (χ3n) is 4.02. The Morgan fingerprint density at radius 3 is 3.00 bits per heavy atom. The molecule has 114 valence electrons. The Balaban J connectivity index is 1.92. The van der Waals surface area contributed by atoms with E-state index < -0.39 is 5.60 Å². The molecule has 2 N–H and O–H groups in total. The van der Waals surface area contributed by atoms with Crippen molar-refractivity contribution in [1.29, 1.82) is 0 Å². The van der Waals surface area contributed by atoms with Gasteiger partial charge in [0.2, 0.25) is 0 Å². The summed E-state index contributed by atoms with van der Waals surface area (Å²) in [6.07, 6.45) is 5.91. The molecule has 2 rings (SSSR count). The van der Waals surface area contributed by atoms with Crippen LogP contribution in [-0.2, 0) is 17.8 Å². The van der Waals surface area contributed by atoms with Crippen molar-refractivity contribution < 1.29 is 14.9 Å². The molecular formula is C14H25N3O3. The van der Waals surface area contributed by atoms with Crippen molar-refractivity contribution in [1.82, 2.24) is 14.5 Å². The fourth-order valence-corrected chi connectivity index (χ4v) is 2.65. The molecule has 0 bridgehead atoms. The number of aromatic nitrogens is 2. The Labute approximate surface area is 120 Å². The van der Waals surface area contributed by atoms with Gasteiger partial charge in [0, 0.05) is 32.9 Å². The SMILES string of the molecule is COCCn1cncc1CN1CCC[C@@](O)(CO)CC1. The Bertz CT molecular complexity index is 410. The van der Waals surface area contributed by atoms with Crippen LogP contribution in [-0.4, -0.2) is 63.7 Å². The van der Waals surface area contributed by atoms with E-state index in [9.17, 15) is 10.2 Å². The molecule has 20 heavy (non-hydrogen) atoms. The van der Waals surface area contributed by atoms with Gasteiger partial charge in [-0.25, -0.2) is 4.98 Å². The number of likely N-dealkylation sites (tertiary alicyclic amines) is 1. The molecule has 1 aliphatic rings. The number of hydrogen-bond donors (Lipinski definition) is 2. The quantitative estimate of drug-likeness (QED) is 0.782. The molecule has 0 saturated carbocycles. The van der Waals surface area contributed by atoms with Crippen LogP contribution in [0.2, 0.25) is 0 Å². The van der Waals surface area contributed by atoms with Crippen molar-refractivity contribution in [2.75, 3.05) is 33.4 Å². The summed E-state index contributed by atoms with van der Waals surface area (Å²) in [7, 11) is 1.70. The summed E-state index contributed by atoms with van der Waals surface area (Å²) in [6, 6.07) is 0. The van der Waals surface area contributed by atoms with Crippen LogP contribution in [0.4, 0.5) is 0 Å². The van der Waals surface area contributed by atoms with Gasteiger partial charge < -0.3 is 19.5 Å². The maximum absolute atomic E-state index is 10.2. The highest BCUT2D eigenvalue weighted by Crippen LogP contribution is 2.22. The summed E-state index contributed by atoms with van der Waals surface area (Å²) >= 11 is 0. The first kappa shape index (κ1) is 15.4. The van der Waals surface area contributed by atoms with E-state index in [2.05, 4.69) is 14.5 Å². The van der Waals surface area contributed by atoms with Gasteiger partial charge >= 0.3 is 0 Å². The molecule has 1 saturated heterocycles. The molecule has 1 fully saturated rings. The molecule has 1 aromatic heterocycles. The summed E-state index contributed by atoms with van der Waals surface area (Å²) in [6.45, 7) is 3.90. The number of imidazole rings is 1. The lowest BCUT2D eigenvalue weighted by Crippen LogP contribution is -2.34. The van der Waals surface area contributed by atoms with E-state index in [0.29, 0.717) is 19.4 Å². The van der Waals surface area contributed by atoms with Crippen molar-refractivity contribution in [3.05, 3.63) is 18.2 Å². The molecule has 0 amide bonds. The highest BCUT2D eigenvalue weighted by atomic mass is 16.5. The number of nitrogens with zero attached hydrogens (tertiary/aromatic N) is 3. The largest absolute Gasteiger partial charge is 0.393 e. The van der Waals surface area contributed by atoms with Crippen LogP contribution >= 0.6 is 0 Å². The predicted molar refractivity (Wildman–Crippen MR) is 75.3 cm³/mol. The van der Waals surface area contributed by atoms with Crippen LogP contribution in [0.25, 0.3) is 0 Å². The van der Waals surface area contributed by atoms with Gasteiger partial charge in [-0.2, -0.15) is 0 Å². The van der Waals surface area contributed by atoms with Gasteiger partial charge in [-0.1, -0.05) is 0 Å². The second-order valence-corrected chi connectivity index (χ2v) is 5.58. The minimum atomic E-state index is -0.898. The van der Waals surface area contributed by atoms with E-state index >= 15 is 0 Å². The molecule has 0 spiro atoms. The van der Waals surface area contributed by atoms with Crippen molar-refractivity contribution in [2.24, 2.45) is 0 Å². The van der Waals surface area contributed by atoms with Gasteiger partial charge in [-0.15, -0.1) is 0 Å². The monoisotopic (exact) mass is 283 g/mol. The Morgan fingerprint density at radius 1 is 1.40 bits per heavy atom. The molecule has 6 heteroatoms. The van der Waals surface area contributed by atoms with Crippen LogP contribution in [0.3, 0.4) is 0 Å². The lowest BCUT2D eigenvalue weighted by molar-refractivity contribution is -0.0255. The number of rotatable bonds is 6. The van der Waals surface area contributed by atoms with Crippen LogP contribution in [0.1, 0.15) is 25.0 Å². The smallest absolute Gasteiger partial charge is 0.0949 e. The molecule has 0 unspecified atom stereocenters. The fraction of sp³-hybridized carbons (Fsp3) is 0.786. The van der Waals surface area contributed by atoms with Crippen molar-refractivity contribution in [3.8, 4) is 0 Å². The van der Waals surface area contributed by atoms with Gasteiger partial charge in [0.25, 0.3) is 0 Å². The number of methoxy groups -OCH3 is 1. The van der Waals surface area contributed by atoms with E-state index in [1.54, 1.807) is 7.11 Å². The Kier molecular flexibility index (Phi) is 5.54. The van der Waals surface area contributed by atoms with Gasteiger partial charge in [0.15, 0.2) is 0 Å². The molecule has 1 atom stereocenters. The predicted octanol–water partition coefficient (Wildman–Crippen LogP) is 0.239. The molecule has 6 nitrogen and oxygen atoms in total. The maximum Gasteiger partial charge on any atom is 0.0949 e. The number of hydrogen-bond acceptors (Lipinski definition) is 5. The molecule has 1 aromatic rings. The first-order chi connectivity index (χ1) is 9.67. The molecular weight excluding hydrogens is 258 g/mol. The zero-order chi connectivity index (χ0) is 14.4. The lowest BCUT2D eigenvalue weighted by atomic mass is 9.96. The Hall–Kier alpha value is -0.950. The normalized spacial score (nSPS) is 24.8. The van der Waals surface area contributed by atoms with E-state index in [1.807, 2.05) is 12.5 Å². The van der Waals surface area contributed by atoms with Gasteiger partial charge in [-0.3, -0.25) is 4.90 Å². The third kappa shape index (κ3) is 4.02. The van der Waals surface area contributed by atoms with Gasteiger partial charge in [0.1, 0.15) is 0 Å². The maximum atomic E-state index is 10.2. The second-order valence-electron chi connectivity index (χ2n) is 5.58. The molecule has 0 aliphatic carbocycles. The summed E-state index contributed by atoms with van der Waals surface area (Å²) in [5.41, 5.74) is 0.266. The van der Waals surface area contributed by atoms with Crippen LogP contribution in [0.15, 0.2) is 12.5 Å². The summed E-state index contributed by atoms with van der Waals surface area (Å²) in [5, 5.41) is 19.4. The van der Waals surface area contributed by atoms with E-state index in [4.69, 9.17) is 4.74 Å². The van der Waals surface area contributed by atoms with E-state index in [0.717, 1.165) is 38.3 Å². The van der Waals surface area contributed by atoms with E-state index in [-0.39, 0.29) is 6.61 Å². The van der Waals surface area contributed by atoms with Crippen LogP contribution in [0, 0.1) is 0 Å². The minimum absolute atomic E-state index is 0.146. The first-order valence-corrected chi connectivity index (χ1v) is 7.20. The zero-order valence-electron chi connectivity index (χ0n) is 12.2. The highest BCUT2D eigenvalue weighted by molar-refractivity contribution is 4.99. The average molecular weight is 283 g/mol. The molecule has 2 heterocycles.